The van der Waals surface area contributed by atoms with Gasteiger partial charge in [-0.2, -0.15) is 0 Å². The first-order valence-corrected chi connectivity index (χ1v) is 9.50. The molecule has 138 valence electrons. The Balaban J connectivity index is 1.39. The summed E-state index contributed by atoms with van der Waals surface area (Å²) >= 11 is 0. The molecule has 5 heteroatoms. The number of hydrogen-bond donors (Lipinski definition) is 1. The number of aliphatic hydroxyl groups is 1. The fourth-order valence-corrected chi connectivity index (χ4v) is 3.92. The normalized spacial score (nSPS) is 21.4. The molecule has 2 fully saturated rings. The highest BCUT2D eigenvalue weighted by atomic mass is 16.5. The van der Waals surface area contributed by atoms with E-state index < -0.39 is 6.10 Å². The Labute approximate surface area is 150 Å². The first-order chi connectivity index (χ1) is 12.1. The molecular formula is C20H30N2O3. The number of carbonyl (C=O) groups excluding carboxylic acids is 1. The van der Waals surface area contributed by atoms with Crippen molar-refractivity contribution in [1.29, 1.82) is 0 Å². The summed E-state index contributed by atoms with van der Waals surface area (Å²) in [5, 5.41) is 10.3. The monoisotopic (exact) mass is 346 g/mol. The van der Waals surface area contributed by atoms with Gasteiger partial charge >= 0.3 is 0 Å². The minimum absolute atomic E-state index is 0.0203. The Morgan fingerprint density at radius 3 is 2.64 bits per heavy atom. The van der Waals surface area contributed by atoms with E-state index in [1.54, 1.807) is 19.1 Å². The first-order valence-electron chi connectivity index (χ1n) is 9.50. The summed E-state index contributed by atoms with van der Waals surface area (Å²) in [6, 6.07) is 7.87. The zero-order valence-corrected chi connectivity index (χ0v) is 15.2. The molecule has 0 unspecified atom stereocenters. The molecule has 1 N–H and O–H groups in total. The summed E-state index contributed by atoms with van der Waals surface area (Å²) in [5.74, 6) is 0.659. The summed E-state index contributed by atoms with van der Waals surface area (Å²) in [5.41, 5.74) is 0.635. The van der Waals surface area contributed by atoms with Crippen LogP contribution in [0, 0.1) is 0 Å². The number of Topliss-reactive ketones (excluding diaryl/α,β-unsaturated/α-hetero) is 1. The second-order valence-corrected chi connectivity index (χ2v) is 7.32. The van der Waals surface area contributed by atoms with Gasteiger partial charge in [-0.05, 0) is 70.9 Å². The Kier molecular flexibility index (Phi) is 6.45. The van der Waals surface area contributed by atoms with E-state index in [0.717, 1.165) is 19.1 Å². The molecule has 2 aliphatic heterocycles. The highest BCUT2D eigenvalue weighted by molar-refractivity contribution is 5.94. The zero-order chi connectivity index (χ0) is 17.6. The molecule has 0 aliphatic carbocycles. The lowest BCUT2D eigenvalue weighted by Crippen LogP contribution is -2.46. The van der Waals surface area contributed by atoms with Crippen molar-refractivity contribution >= 4 is 5.78 Å². The van der Waals surface area contributed by atoms with E-state index in [1.807, 2.05) is 12.1 Å². The van der Waals surface area contributed by atoms with Gasteiger partial charge in [0.2, 0.25) is 0 Å². The van der Waals surface area contributed by atoms with Gasteiger partial charge in [0.1, 0.15) is 18.5 Å². The van der Waals surface area contributed by atoms with Gasteiger partial charge in [-0.25, -0.2) is 0 Å². The van der Waals surface area contributed by atoms with Crippen molar-refractivity contribution in [1.82, 2.24) is 9.80 Å². The highest BCUT2D eigenvalue weighted by Gasteiger charge is 2.27. The van der Waals surface area contributed by atoms with Crippen LogP contribution in [-0.2, 0) is 0 Å². The van der Waals surface area contributed by atoms with Gasteiger partial charge in [0.05, 0.1) is 0 Å². The van der Waals surface area contributed by atoms with Gasteiger partial charge in [0.25, 0.3) is 0 Å². The number of carbonyl (C=O) groups is 1. The van der Waals surface area contributed by atoms with Crippen LogP contribution in [0.5, 0.6) is 5.75 Å². The van der Waals surface area contributed by atoms with Crippen molar-refractivity contribution in [3.8, 4) is 5.75 Å². The maximum Gasteiger partial charge on any atom is 0.159 e. The number of hydrogen-bond acceptors (Lipinski definition) is 5. The lowest BCUT2D eigenvalue weighted by molar-refractivity contribution is 0.0476. The molecular weight excluding hydrogens is 316 g/mol. The molecule has 25 heavy (non-hydrogen) atoms. The van der Waals surface area contributed by atoms with E-state index in [2.05, 4.69) is 9.80 Å². The molecule has 2 heterocycles. The molecule has 0 spiro atoms. The number of ether oxygens (including phenoxy) is 1. The molecule has 2 aliphatic rings. The smallest absolute Gasteiger partial charge is 0.159 e. The Morgan fingerprint density at radius 2 is 1.96 bits per heavy atom. The van der Waals surface area contributed by atoms with Crippen molar-refractivity contribution < 1.29 is 14.6 Å². The quantitative estimate of drug-likeness (QED) is 0.767. The summed E-state index contributed by atoms with van der Waals surface area (Å²) in [6.45, 7) is 7.09. The zero-order valence-electron chi connectivity index (χ0n) is 15.2. The number of ketones is 1. The Morgan fingerprint density at radius 1 is 1.24 bits per heavy atom. The largest absolute Gasteiger partial charge is 0.491 e. The van der Waals surface area contributed by atoms with E-state index >= 15 is 0 Å². The van der Waals surface area contributed by atoms with Gasteiger partial charge in [0.15, 0.2) is 5.78 Å². The van der Waals surface area contributed by atoms with Crippen molar-refractivity contribution in [2.24, 2.45) is 0 Å². The number of β-amino-alcohol motifs (C(OH)–C–C–N with tert-alkyl or cyclic N) is 1. The third-order valence-corrected chi connectivity index (χ3v) is 5.37. The Hall–Kier alpha value is -1.43. The maximum atomic E-state index is 11.4. The SMILES string of the molecule is CC(=O)c1cccc(OC[C@@H](O)CN2CCC(N3CCCC3)CC2)c1. The molecule has 0 amide bonds. The first kappa shape index (κ1) is 18.4. The van der Waals surface area contributed by atoms with Crippen LogP contribution >= 0.6 is 0 Å². The van der Waals surface area contributed by atoms with Crippen LogP contribution in [0.25, 0.3) is 0 Å². The summed E-state index contributed by atoms with van der Waals surface area (Å²) in [4.78, 5) is 16.4. The van der Waals surface area contributed by atoms with E-state index in [0.29, 0.717) is 17.9 Å². The van der Waals surface area contributed by atoms with Crippen molar-refractivity contribution in [2.75, 3.05) is 39.3 Å². The van der Waals surface area contributed by atoms with Crippen LogP contribution in [0.1, 0.15) is 43.0 Å². The van der Waals surface area contributed by atoms with E-state index in [-0.39, 0.29) is 12.4 Å². The lowest BCUT2D eigenvalue weighted by atomic mass is 10.0. The van der Waals surface area contributed by atoms with Crippen molar-refractivity contribution in [3.05, 3.63) is 29.8 Å². The highest BCUT2D eigenvalue weighted by Crippen LogP contribution is 2.21. The molecule has 1 atom stereocenters. The van der Waals surface area contributed by atoms with Gasteiger partial charge < -0.3 is 19.6 Å². The summed E-state index contributed by atoms with van der Waals surface area (Å²) < 4.78 is 5.67. The molecule has 1 aromatic carbocycles. The fourth-order valence-electron chi connectivity index (χ4n) is 3.92. The number of rotatable bonds is 7. The average Bonchev–Trinajstić information content (AvgIpc) is 3.15. The van der Waals surface area contributed by atoms with Gasteiger partial charge in [-0.3, -0.25) is 4.79 Å². The van der Waals surface area contributed by atoms with Crippen LogP contribution in [0.4, 0.5) is 0 Å². The second-order valence-electron chi connectivity index (χ2n) is 7.32. The molecule has 2 saturated heterocycles. The predicted octanol–water partition coefficient (Wildman–Crippen LogP) is 2.19. The number of nitrogens with zero attached hydrogens (tertiary/aromatic N) is 2. The third-order valence-electron chi connectivity index (χ3n) is 5.37. The topological polar surface area (TPSA) is 53.0 Å². The van der Waals surface area contributed by atoms with Gasteiger partial charge in [-0.15, -0.1) is 0 Å². The summed E-state index contributed by atoms with van der Waals surface area (Å²) in [6.07, 6.45) is 4.59. The van der Waals surface area contributed by atoms with Crippen LogP contribution in [0.2, 0.25) is 0 Å². The van der Waals surface area contributed by atoms with Crippen LogP contribution in [0.15, 0.2) is 24.3 Å². The van der Waals surface area contributed by atoms with Gasteiger partial charge in [0, 0.05) is 18.2 Å². The number of piperidine rings is 1. The van der Waals surface area contributed by atoms with Gasteiger partial charge in [-0.1, -0.05) is 12.1 Å². The predicted molar refractivity (Wildman–Crippen MR) is 98.2 cm³/mol. The standard InChI is InChI=1S/C20H30N2O3/c1-16(23)17-5-4-6-20(13-17)25-15-19(24)14-21-11-7-18(8-12-21)22-9-2-3-10-22/h4-6,13,18-19,24H,2-3,7-12,14-15H2,1H3/t19-/m0/s1. The fraction of sp³-hybridized carbons (Fsp3) is 0.650. The lowest BCUT2D eigenvalue weighted by Gasteiger charge is -2.37. The second kappa shape index (κ2) is 8.79. The Bertz CT molecular complexity index is 564. The minimum Gasteiger partial charge on any atom is -0.491 e. The molecule has 0 bridgehead atoms. The van der Waals surface area contributed by atoms with Crippen molar-refractivity contribution in [3.63, 3.8) is 0 Å². The van der Waals surface area contributed by atoms with E-state index in [4.69, 9.17) is 4.74 Å². The third kappa shape index (κ3) is 5.27. The van der Waals surface area contributed by atoms with E-state index in [9.17, 15) is 9.90 Å². The number of benzene rings is 1. The van der Waals surface area contributed by atoms with Crippen molar-refractivity contribution in [2.45, 2.75) is 44.8 Å². The molecule has 0 aromatic heterocycles. The molecule has 5 nitrogen and oxygen atoms in total. The van der Waals surface area contributed by atoms with Crippen LogP contribution < -0.4 is 4.74 Å². The summed E-state index contributed by atoms with van der Waals surface area (Å²) in [7, 11) is 0. The molecule has 0 radical (unpaired) electrons. The minimum atomic E-state index is -0.510. The van der Waals surface area contributed by atoms with Crippen LogP contribution in [-0.4, -0.2) is 72.2 Å². The molecule has 3 rings (SSSR count). The molecule has 1 aromatic rings. The average molecular weight is 346 g/mol. The molecule has 0 saturated carbocycles. The number of likely N-dealkylation sites (tertiary alicyclic amines) is 2. The van der Waals surface area contributed by atoms with Crippen LogP contribution in [0.3, 0.4) is 0 Å². The maximum absolute atomic E-state index is 11.4. The van der Waals surface area contributed by atoms with E-state index in [1.165, 1.54) is 38.8 Å². The number of aliphatic hydroxyl groups excluding tert-OH is 1.